The van der Waals surface area contributed by atoms with Crippen molar-refractivity contribution in [3.8, 4) is 0 Å². The number of carboxylic acid groups (broad SMARTS) is 5. The standard InChI is InChI=1S/C40H67NO9.C38H63NO9.C32H55NO6/c1-30(42)17-15-13-11-9-7-5-3-4-6-8-10-12-14-16-18-38(46)41-29-32-20-23-33(24-21-32)37(45)28-35(40(49)50)25-26-36(44)27-34(39(47)48)22-19-31(2)43;1-28(40)15-13-11-9-7-5-3-4-6-8-10-12-14-16-36(44)39-27-30-18-21-31(22-19-30)35(43)26-33(38(47)48)23-24-34(42)25-32(37(45)46)20-17-29(2)41;1-25(34)15-13-11-9-7-5-3-4-6-8-10-12-14-16-31(37)33-24-27-18-21-28(22-19-27)30(36)23-29(32(38)39)20-17-26(2)35/h32-35H,3-29H2,1-2H3,(H,41,46)(H,47,48)(H,49,50);30-33H,3-27H2,1-2H3,(H,39,44)(H,45,46)(H,47,48);27-29H,3-24H2,1-2H3,(H,33,37)(H,38,39)/t32?,33?,34-,35-;30?,31?,32-,33-;27?,28?,29-/m111/s1. The minimum absolute atomic E-state index is 0.00546. The van der Waals surface area contributed by atoms with Crippen molar-refractivity contribution in [2.45, 2.75) is 497 Å². The van der Waals surface area contributed by atoms with Crippen LogP contribution in [0.2, 0.25) is 0 Å². The number of carboxylic acids is 5. The third-order valence-corrected chi connectivity index (χ3v) is 28.3. The van der Waals surface area contributed by atoms with Gasteiger partial charge in [0, 0.05) is 140 Å². The lowest BCUT2D eigenvalue weighted by Gasteiger charge is -2.28. The zero-order chi connectivity index (χ0) is 102. The van der Waals surface area contributed by atoms with Crippen molar-refractivity contribution in [2.75, 3.05) is 19.6 Å². The van der Waals surface area contributed by atoms with Gasteiger partial charge in [0.1, 0.15) is 63.6 Å². The largest absolute Gasteiger partial charge is 0.481 e. The predicted molar refractivity (Wildman–Crippen MR) is 533 cm³/mol. The molecule has 27 nitrogen and oxygen atoms in total. The number of hydrogen-bond donors (Lipinski definition) is 8. The van der Waals surface area contributed by atoms with Crippen LogP contribution >= 0.6 is 0 Å². The smallest absolute Gasteiger partial charge is 0.306 e. The first-order valence-corrected chi connectivity index (χ1v) is 54.0. The van der Waals surface area contributed by atoms with Gasteiger partial charge in [0.15, 0.2) is 0 Å². The Labute approximate surface area is 821 Å². The molecular formula is C110H185N3O24. The molecule has 0 aliphatic heterocycles. The van der Waals surface area contributed by atoms with Gasteiger partial charge < -0.3 is 70.3 Å². The van der Waals surface area contributed by atoms with E-state index in [0.29, 0.717) is 93.9 Å². The Morgan fingerprint density at radius 1 is 0.197 bits per heavy atom. The molecule has 3 fully saturated rings. The summed E-state index contributed by atoms with van der Waals surface area (Å²) in [6.07, 6.45) is 57.8. The molecule has 27 heteroatoms. The van der Waals surface area contributed by atoms with Crippen molar-refractivity contribution in [3.05, 3.63) is 0 Å². The van der Waals surface area contributed by atoms with Crippen LogP contribution in [0.5, 0.6) is 0 Å². The SMILES string of the molecule is CC(=O)CCCCCCCCCCCCCCC(=O)NCC1CCC(C(=O)C[C@@H](CCC(=O)C[C@@H](CCC(C)=O)C(=O)O)C(=O)O)CC1.CC(=O)CCCCCCCCCCCCCCC(=O)NCC1CCC(C(=O)C[C@@H](CCC(C)=O)C(=O)O)CC1.CC(=O)CCCCCCCCCCCCCCCCC(=O)NCC1CCC(C(=O)C[C@@H](CCC(=O)C[C@@H](CCC(C)=O)C(=O)O)C(=O)O)CC1. The summed E-state index contributed by atoms with van der Waals surface area (Å²) in [5.41, 5.74) is 0. The molecular weight excluding hydrogens is 1750 g/mol. The topological polar surface area (TPSA) is 462 Å². The Kier molecular flexibility index (Phi) is 75.9. The van der Waals surface area contributed by atoms with Crippen molar-refractivity contribution in [2.24, 2.45) is 65.1 Å². The second-order valence-corrected chi connectivity index (χ2v) is 41.1. The molecule has 3 rings (SSSR count). The maximum atomic E-state index is 12.9. The second-order valence-electron chi connectivity index (χ2n) is 41.1. The molecule has 0 saturated heterocycles. The fourth-order valence-corrected chi connectivity index (χ4v) is 19.1. The molecule has 0 radical (unpaired) electrons. The Bertz CT molecular complexity index is 3510. The molecule has 3 amide bonds. The zero-order valence-corrected chi connectivity index (χ0v) is 85.7. The number of carbonyl (C=O) groups is 19. The van der Waals surface area contributed by atoms with Crippen LogP contribution in [0.25, 0.3) is 0 Å². The number of Topliss-reactive ketones (excluding diaryl/α,β-unsaturated/α-hetero) is 11. The summed E-state index contributed by atoms with van der Waals surface area (Å²) in [5, 5.41) is 56.5. The molecule has 5 atom stereocenters. The fourth-order valence-electron chi connectivity index (χ4n) is 19.1. The van der Waals surface area contributed by atoms with E-state index in [2.05, 4.69) is 16.0 Å². The van der Waals surface area contributed by atoms with Crippen LogP contribution in [-0.2, 0) is 91.1 Å². The number of rotatable bonds is 86. The first-order chi connectivity index (χ1) is 65.5. The average Bonchev–Trinajstić information content (AvgIpc) is 0.877. The van der Waals surface area contributed by atoms with E-state index in [4.69, 9.17) is 0 Å². The maximum Gasteiger partial charge on any atom is 0.306 e. The number of nitrogens with one attached hydrogen (secondary N) is 3. The van der Waals surface area contributed by atoms with Gasteiger partial charge in [-0.1, -0.05) is 205 Å². The molecule has 0 aromatic rings. The number of unbranched alkanes of at least 4 members (excludes halogenated alkanes) is 35. The zero-order valence-electron chi connectivity index (χ0n) is 85.7. The highest BCUT2D eigenvalue weighted by atomic mass is 16.4. The summed E-state index contributed by atoms with van der Waals surface area (Å²) < 4.78 is 0. The molecule has 0 aromatic carbocycles. The van der Waals surface area contributed by atoms with E-state index in [0.717, 1.165) is 148 Å². The summed E-state index contributed by atoms with van der Waals surface area (Å²) in [6.45, 7) is 11.0. The number of hydrogen-bond acceptors (Lipinski definition) is 19. The maximum absolute atomic E-state index is 12.9. The van der Waals surface area contributed by atoms with Crippen LogP contribution in [-0.4, -0.2) is 156 Å². The molecule has 0 aromatic heterocycles. The summed E-state index contributed by atoms with van der Waals surface area (Å²) in [5.74, 6) is -10.0. The van der Waals surface area contributed by atoms with E-state index in [1.807, 2.05) is 0 Å². The molecule has 137 heavy (non-hydrogen) atoms. The van der Waals surface area contributed by atoms with Gasteiger partial charge in [-0.15, -0.1) is 0 Å². The van der Waals surface area contributed by atoms with Gasteiger partial charge in [-0.3, -0.25) is 62.3 Å². The number of carbonyl (C=O) groups excluding carboxylic acids is 14. The summed E-state index contributed by atoms with van der Waals surface area (Å²) >= 11 is 0. The molecule has 784 valence electrons. The van der Waals surface area contributed by atoms with Gasteiger partial charge in [0.2, 0.25) is 17.7 Å². The number of ketones is 11. The van der Waals surface area contributed by atoms with Crippen LogP contribution in [0.15, 0.2) is 0 Å². The molecule has 0 unspecified atom stereocenters. The molecule has 0 spiro atoms. The van der Waals surface area contributed by atoms with Crippen molar-refractivity contribution >= 4 is 111 Å². The van der Waals surface area contributed by atoms with Crippen molar-refractivity contribution < 1.29 is 117 Å². The molecule has 0 bridgehead atoms. The van der Waals surface area contributed by atoms with Crippen LogP contribution in [0.4, 0.5) is 0 Å². The quantitative estimate of drug-likeness (QED) is 0.0262. The third-order valence-electron chi connectivity index (χ3n) is 28.3. The van der Waals surface area contributed by atoms with E-state index in [1.165, 1.54) is 188 Å². The Hall–Kier alpha value is -7.87. The highest BCUT2D eigenvalue weighted by Gasteiger charge is 2.35. The second kappa shape index (κ2) is 81.8. The number of aliphatic carboxylic acids is 5. The van der Waals surface area contributed by atoms with E-state index < -0.39 is 59.4 Å². The Morgan fingerprint density at radius 3 is 0.518 bits per heavy atom. The average molecular weight is 1930 g/mol. The van der Waals surface area contributed by atoms with Gasteiger partial charge in [-0.05, 0) is 207 Å². The van der Waals surface area contributed by atoms with Crippen molar-refractivity contribution in [1.29, 1.82) is 0 Å². The van der Waals surface area contributed by atoms with Gasteiger partial charge in [-0.2, -0.15) is 0 Å². The van der Waals surface area contributed by atoms with E-state index in [-0.39, 0.29) is 184 Å². The van der Waals surface area contributed by atoms with Crippen LogP contribution in [0.1, 0.15) is 497 Å². The van der Waals surface area contributed by atoms with Gasteiger partial charge in [-0.25, -0.2) is 0 Å². The number of amides is 3. The molecule has 8 N–H and O–H groups in total. The van der Waals surface area contributed by atoms with Gasteiger partial charge >= 0.3 is 29.8 Å². The molecule has 3 aliphatic carbocycles. The molecule has 3 aliphatic rings. The third kappa shape index (κ3) is 73.0. The van der Waals surface area contributed by atoms with Gasteiger partial charge in [0.05, 0.1) is 29.6 Å². The lowest BCUT2D eigenvalue weighted by molar-refractivity contribution is -0.146. The lowest BCUT2D eigenvalue weighted by atomic mass is 9.77. The predicted octanol–water partition coefficient (Wildman–Crippen LogP) is 22.6. The monoisotopic (exact) mass is 1930 g/mol. The Balaban J connectivity index is 0.00000104. The van der Waals surface area contributed by atoms with Crippen molar-refractivity contribution in [3.63, 3.8) is 0 Å². The molecule has 3 saturated carbocycles. The first-order valence-electron chi connectivity index (χ1n) is 54.0. The molecule has 0 heterocycles. The van der Waals surface area contributed by atoms with Crippen LogP contribution in [0, 0.1) is 65.1 Å². The summed E-state index contributed by atoms with van der Waals surface area (Å²) in [4.78, 5) is 224. The lowest BCUT2D eigenvalue weighted by Crippen LogP contribution is -2.33. The normalized spacial score (nSPS) is 17.4. The van der Waals surface area contributed by atoms with Crippen molar-refractivity contribution in [1.82, 2.24) is 16.0 Å². The van der Waals surface area contributed by atoms with E-state index in [1.54, 1.807) is 20.8 Å². The van der Waals surface area contributed by atoms with Crippen LogP contribution in [0.3, 0.4) is 0 Å². The summed E-state index contributed by atoms with van der Waals surface area (Å²) in [6, 6.07) is 0. The van der Waals surface area contributed by atoms with Crippen LogP contribution < -0.4 is 16.0 Å². The first kappa shape index (κ1) is 127. The van der Waals surface area contributed by atoms with Gasteiger partial charge in [0.25, 0.3) is 0 Å². The minimum Gasteiger partial charge on any atom is -0.481 e. The fraction of sp³-hybridized carbons (Fsp3) is 0.827. The van der Waals surface area contributed by atoms with E-state index >= 15 is 0 Å². The Morgan fingerprint density at radius 2 is 0.350 bits per heavy atom. The van der Waals surface area contributed by atoms with E-state index in [9.17, 15) is 117 Å². The highest BCUT2D eigenvalue weighted by molar-refractivity contribution is 5.90. The minimum atomic E-state index is -1.15. The highest BCUT2D eigenvalue weighted by Crippen LogP contribution is 2.36. The summed E-state index contributed by atoms with van der Waals surface area (Å²) in [7, 11) is 0.